The van der Waals surface area contributed by atoms with Crippen molar-refractivity contribution in [2.45, 2.75) is 45.2 Å². The summed E-state index contributed by atoms with van der Waals surface area (Å²) < 4.78 is 34.2. The third-order valence-corrected chi connectivity index (χ3v) is 8.40. The first kappa shape index (κ1) is 31.0. The van der Waals surface area contributed by atoms with Gasteiger partial charge >= 0.3 is 0 Å². The number of ether oxygens (including phenoxy) is 1. The highest BCUT2D eigenvalue weighted by Crippen LogP contribution is 2.30. The second kappa shape index (κ2) is 13.7. The summed E-state index contributed by atoms with van der Waals surface area (Å²) in [6.45, 7) is 7.31. The number of carbonyl (C=O) groups excluding carboxylic acids is 2. The summed E-state index contributed by atoms with van der Waals surface area (Å²) >= 11 is 6.26. The summed E-state index contributed by atoms with van der Waals surface area (Å²) in [6.07, 6.45) is 0. The third-order valence-electron chi connectivity index (χ3n) is 6.39. The number of anilines is 1. The van der Waals surface area contributed by atoms with Gasteiger partial charge in [0.25, 0.3) is 10.0 Å². The number of hydrogen-bond donors (Lipinski definition) is 1. The third kappa shape index (κ3) is 7.76. The van der Waals surface area contributed by atoms with Gasteiger partial charge in [-0.15, -0.1) is 0 Å². The number of rotatable bonds is 12. The van der Waals surface area contributed by atoms with Crippen LogP contribution in [-0.4, -0.2) is 51.4 Å². The molecule has 0 aliphatic carbocycles. The number of methoxy groups -OCH3 is 1. The highest BCUT2D eigenvalue weighted by Gasteiger charge is 2.33. The summed E-state index contributed by atoms with van der Waals surface area (Å²) in [4.78, 5) is 28.5. The molecule has 40 heavy (non-hydrogen) atoms. The molecule has 1 N–H and O–H groups in total. The summed E-state index contributed by atoms with van der Waals surface area (Å²) in [5, 5.41) is 3.21. The first-order chi connectivity index (χ1) is 18.9. The van der Waals surface area contributed by atoms with E-state index in [4.69, 9.17) is 16.3 Å². The zero-order valence-corrected chi connectivity index (χ0v) is 25.0. The number of benzene rings is 3. The molecule has 0 saturated carbocycles. The van der Waals surface area contributed by atoms with Crippen LogP contribution >= 0.6 is 11.6 Å². The lowest BCUT2D eigenvalue weighted by Crippen LogP contribution is -2.51. The Morgan fingerprint density at radius 3 is 2.33 bits per heavy atom. The predicted molar refractivity (Wildman–Crippen MR) is 158 cm³/mol. The molecule has 0 bridgehead atoms. The maximum atomic E-state index is 14.0. The van der Waals surface area contributed by atoms with E-state index in [0.717, 1.165) is 9.87 Å². The van der Waals surface area contributed by atoms with Crippen molar-refractivity contribution in [3.8, 4) is 5.75 Å². The molecule has 214 valence electrons. The number of sulfonamides is 1. The minimum absolute atomic E-state index is 0.0317. The molecule has 0 saturated heterocycles. The van der Waals surface area contributed by atoms with E-state index >= 15 is 0 Å². The SMILES string of the molecule is COc1cccc(CN(C(=O)CN(c2cc(Cl)ccc2C)S(=O)(=O)c2ccccc2)C(C)C(=O)NCC(C)C)c1. The van der Waals surface area contributed by atoms with Gasteiger partial charge in [-0.1, -0.05) is 61.8 Å². The smallest absolute Gasteiger partial charge is 0.264 e. The minimum Gasteiger partial charge on any atom is -0.497 e. The van der Waals surface area contributed by atoms with Crippen molar-refractivity contribution < 1.29 is 22.7 Å². The molecule has 0 aliphatic rings. The highest BCUT2D eigenvalue weighted by molar-refractivity contribution is 7.92. The summed E-state index contributed by atoms with van der Waals surface area (Å²) in [5.74, 6) is -0.0594. The summed E-state index contributed by atoms with van der Waals surface area (Å²) in [5.41, 5.74) is 1.63. The van der Waals surface area contributed by atoms with Crippen LogP contribution in [0, 0.1) is 12.8 Å². The van der Waals surface area contributed by atoms with Crippen molar-refractivity contribution in [2.75, 3.05) is 24.5 Å². The molecule has 3 aromatic carbocycles. The zero-order valence-electron chi connectivity index (χ0n) is 23.4. The van der Waals surface area contributed by atoms with Gasteiger partial charge in [-0.05, 0) is 67.3 Å². The largest absolute Gasteiger partial charge is 0.497 e. The van der Waals surface area contributed by atoms with Crippen molar-refractivity contribution in [1.82, 2.24) is 10.2 Å². The molecule has 0 aliphatic heterocycles. The second-order valence-corrected chi connectivity index (χ2v) is 12.2. The van der Waals surface area contributed by atoms with Crippen LogP contribution in [0.15, 0.2) is 77.7 Å². The fourth-order valence-electron chi connectivity index (χ4n) is 4.09. The maximum absolute atomic E-state index is 14.0. The van der Waals surface area contributed by atoms with Gasteiger partial charge < -0.3 is 15.0 Å². The maximum Gasteiger partial charge on any atom is 0.264 e. The van der Waals surface area contributed by atoms with Gasteiger partial charge in [0.1, 0.15) is 18.3 Å². The molecular weight excluding hydrogens is 550 g/mol. The van der Waals surface area contributed by atoms with Crippen LogP contribution in [0.25, 0.3) is 0 Å². The van der Waals surface area contributed by atoms with Crippen LogP contribution in [-0.2, 0) is 26.2 Å². The average molecular weight is 586 g/mol. The molecule has 0 spiro atoms. The van der Waals surface area contributed by atoms with Crippen LogP contribution < -0.4 is 14.4 Å². The van der Waals surface area contributed by atoms with Crippen LogP contribution in [0.1, 0.15) is 31.9 Å². The van der Waals surface area contributed by atoms with Gasteiger partial charge in [0.05, 0.1) is 17.7 Å². The van der Waals surface area contributed by atoms with E-state index in [0.29, 0.717) is 22.9 Å². The number of aryl methyl sites for hydroxylation is 1. The molecule has 2 amide bonds. The van der Waals surface area contributed by atoms with E-state index < -0.39 is 28.5 Å². The lowest BCUT2D eigenvalue weighted by atomic mass is 10.1. The molecule has 0 fully saturated rings. The van der Waals surface area contributed by atoms with Crippen molar-refractivity contribution in [2.24, 2.45) is 5.92 Å². The van der Waals surface area contributed by atoms with E-state index in [9.17, 15) is 18.0 Å². The monoisotopic (exact) mass is 585 g/mol. The molecule has 1 atom stereocenters. The van der Waals surface area contributed by atoms with E-state index in [1.54, 1.807) is 69.5 Å². The molecule has 8 nitrogen and oxygen atoms in total. The predicted octanol–water partition coefficient (Wildman–Crippen LogP) is 5.04. The fraction of sp³-hybridized carbons (Fsp3) is 0.333. The first-order valence-electron chi connectivity index (χ1n) is 13.0. The van der Waals surface area contributed by atoms with E-state index in [2.05, 4.69) is 5.32 Å². The molecule has 0 heterocycles. The van der Waals surface area contributed by atoms with Crippen LogP contribution in [0.3, 0.4) is 0 Å². The van der Waals surface area contributed by atoms with Crippen molar-refractivity contribution in [3.05, 3.63) is 88.9 Å². The topological polar surface area (TPSA) is 96.0 Å². The van der Waals surface area contributed by atoms with Crippen LogP contribution in [0.5, 0.6) is 5.75 Å². The Balaban J connectivity index is 2.05. The Morgan fingerprint density at radius 2 is 1.68 bits per heavy atom. The lowest BCUT2D eigenvalue weighted by Gasteiger charge is -2.32. The zero-order chi connectivity index (χ0) is 29.4. The molecule has 0 radical (unpaired) electrons. The van der Waals surface area contributed by atoms with Gasteiger partial charge in [-0.3, -0.25) is 13.9 Å². The average Bonchev–Trinajstić information content (AvgIpc) is 2.94. The second-order valence-electron chi connectivity index (χ2n) is 9.94. The molecule has 3 rings (SSSR count). The van der Waals surface area contributed by atoms with E-state index in [-0.39, 0.29) is 29.0 Å². The standard InChI is InChI=1S/C30H36ClN3O5S/c1-21(2)18-32-30(36)23(4)33(19-24-10-9-11-26(16-24)39-5)29(35)20-34(28-17-25(31)15-14-22(28)3)40(37,38)27-12-7-6-8-13-27/h6-17,21,23H,18-20H2,1-5H3,(H,32,36). The van der Waals surface area contributed by atoms with E-state index in [1.165, 1.54) is 23.1 Å². The molecule has 1 unspecified atom stereocenters. The summed E-state index contributed by atoms with van der Waals surface area (Å²) in [6, 6.07) is 19.1. The van der Waals surface area contributed by atoms with Gasteiger partial charge in [-0.2, -0.15) is 0 Å². The number of carbonyl (C=O) groups is 2. The summed E-state index contributed by atoms with van der Waals surface area (Å²) in [7, 11) is -2.62. The van der Waals surface area contributed by atoms with Gasteiger partial charge in [-0.25, -0.2) is 8.42 Å². The number of amides is 2. The molecule has 10 heteroatoms. The Labute approximate surface area is 241 Å². The van der Waals surface area contributed by atoms with E-state index in [1.807, 2.05) is 19.9 Å². The minimum atomic E-state index is -4.17. The number of halogens is 1. The number of hydrogen-bond acceptors (Lipinski definition) is 5. The molecule has 0 aromatic heterocycles. The van der Waals surface area contributed by atoms with Crippen LogP contribution in [0.4, 0.5) is 5.69 Å². The van der Waals surface area contributed by atoms with Gasteiger partial charge in [0.15, 0.2) is 0 Å². The van der Waals surface area contributed by atoms with Crippen LogP contribution in [0.2, 0.25) is 5.02 Å². The Morgan fingerprint density at radius 1 is 0.975 bits per heavy atom. The number of nitrogens with one attached hydrogen (secondary N) is 1. The van der Waals surface area contributed by atoms with Crippen molar-refractivity contribution in [3.63, 3.8) is 0 Å². The number of nitrogens with zero attached hydrogens (tertiary/aromatic N) is 2. The quantitative estimate of drug-likeness (QED) is 0.321. The van der Waals surface area contributed by atoms with Gasteiger partial charge in [0, 0.05) is 18.1 Å². The lowest BCUT2D eigenvalue weighted by molar-refractivity contribution is -0.139. The molecular formula is C30H36ClN3O5S. The molecule has 3 aromatic rings. The fourth-order valence-corrected chi connectivity index (χ4v) is 5.74. The first-order valence-corrected chi connectivity index (χ1v) is 14.8. The normalized spacial score (nSPS) is 12.1. The Hall–Kier alpha value is -3.56. The Kier molecular flexibility index (Phi) is 10.6. The van der Waals surface area contributed by atoms with Crippen molar-refractivity contribution in [1.29, 1.82) is 0 Å². The highest BCUT2D eigenvalue weighted by atomic mass is 35.5. The van der Waals surface area contributed by atoms with Crippen molar-refractivity contribution >= 4 is 39.1 Å². The van der Waals surface area contributed by atoms with Gasteiger partial charge in [0.2, 0.25) is 11.8 Å². The Bertz CT molecular complexity index is 1430.